The molecule has 2 aromatic carbocycles. The Balaban J connectivity index is 1.66. The van der Waals surface area contributed by atoms with Crippen LogP contribution < -0.4 is 10.2 Å². The van der Waals surface area contributed by atoms with E-state index in [9.17, 15) is 9.59 Å². The third-order valence-corrected chi connectivity index (χ3v) is 5.19. The van der Waals surface area contributed by atoms with Gasteiger partial charge in [-0.1, -0.05) is 35.3 Å². The molecule has 4 nitrogen and oxygen atoms in total. The van der Waals surface area contributed by atoms with Gasteiger partial charge in [0.25, 0.3) is 0 Å². The maximum atomic E-state index is 12.2. The van der Waals surface area contributed by atoms with Crippen LogP contribution >= 0.6 is 35.0 Å². The van der Waals surface area contributed by atoms with Crippen molar-refractivity contribution in [2.24, 2.45) is 0 Å². The minimum atomic E-state index is -0.220. The van der Waals surface area contributed by atoms with Gasteiger partial charge in [0.1, 0.15) is 0 Å². The second-order valence-corrected chi connectivity index (χ2v) is 7.08. The molecule has 2 amide bonds. The number of thioether (sulfide) groups is 1. The minimum Gasteiger partial charge on any atom is -0.325 e. The molecule has 7 heteroatoms. The quantitative estimate of drug-likeness (QED) is 0.851. The maximum absolute atomic E-state index is 12.2. The maximum Gasteiger partial charge on any atom is 0.237 e. The highest BCUT2D eigenvalue weighted by atomic mass is 35.5. The van der Waals surface area contributed by atoms with Crippen LogP contribution in [0.3, 0.4) is 0 Å². The average Bonchev–Trinajstić information content (AvgIpc) is 2.57. The summed E-state index contributed by atoms with van der Waals surface area (Å²) in [5.41, 5.74) is 1.32. The summed E-state index contributed by atoms with van der Waals surface area (Å²) in [6, 6.07) is 12.6. The van der Waals surface area contributed by atoms with Gasteiger partial charge in [-0.2, -0.15) is 0 Å². The molecule has 1 aliphatic heterocycles. The molecule has 0 aromatic heterocycles. The van der Waals surface area contributed by atoms with Crippen molar-refractivity contribution >= 4 is 58.2 Å². The van der Waals surface area contributed by atoms with Gasteiger partial charge in [-0.05, 0) is 30.3 Å². The molecular weight excluding hydrogens is 367 g/mol. The average molecular weight is 381 g/mol. The number of amides is 2. The van der Waals surface area contributed by atoms with Crippen LogP contribution in [0.4, 0.5) is 11.4 Å². The van der Waals surface area contributed by atoms with Crippen molar-refractivity contribution in [1.29, 1.82) is 0 Å². The normalized spacial score (nSPS) is 13.6. The third kappa shape index (κ3) is 3.86. The number of fused-ring (bicyclic) bond motifs is 1. The van der Waals surface area contributed by atoms with E-state index in [1.807, 2.05) is 24.3 Å². The predicted octanol–water partition coefficient (Wildman–Crippen LogP) is 4.46. The lowest BCUT2D eigenvalue weighted by Gasteiger charge is -2.28. The fourth-order valence-corrected chi connectivity index (χ4v) is 3.69. The molecule has 2 aromatic rings. The van der Waals surface area contributed by atoms with Crippen LogP contribution in [0.1, 0.15) is 6.42 Å². The topological polar surface area (TPSA) is 49.4 Å². The highest BCUT2D eigenvalue weighted by molar-refractivity contribution is 8.00. The van der Waals surface area contributed by atoms with Crippen molar-refractivity contribution in [2.75, 3.05) is 22.5 Å². The Hall–Kier alpha value is -1.69. The molecule has 24 heavy (non-hydrogen) atoms. The Morgan fingerprint density at radius 1 is 1.21 bits per heavy atom. The fraction of sp³-hybridized carbons (Fsp3) is 0.176. The number of para-hydroxylation sites is 1. The van der Waals surface area contributed by atoms with E-state index in [-0.39, 0.29) is 18.2 Å². The monoisotopic (exact) mass is 380 g/mol. The number of carbonyl (C=O) groups excluding carboxylic acids is 2. The van der Waals surface area contributed by atoms with Gasteiger partial charge in [0.15, 0.2) is 0 Å². The summed E-state index contributed by atoms with van der Waals surface area (Å²) >= 11 is 13.5. The van der Waals surface area contributed by atoms with E-state index in [4.69, 9.17) is 23.2 Å². The lowest BCUT2D eigenvalue weighted by atomic mass is 10.2. The molecule has 1 aliphatic rings. The standard InChI is InChI=1S/C17H14Cl2N2O2S/c18-11-5-6-12(19)13(9-11)20-16(22)7-8-21-14-3-1-2-4-15(14)24-10-17(21)23/h1-6,9H,7-8,10H2,(H,20,22). The molecule has 0 fully saturated rings. The highest BCUT2D eigenvalue weighted by Crippen LogP contribution is 2.35. The van der Waals surface area contributed by atoms with Crippen LogP contribution in [-0.2, 0) is 9.59 Å². The summed E-state index contributed by atoms with van der Waals surface area (Å²) in [4.78, 5) is 27.1. The Morgan fingerprint density at radius 2 is 2.00 bits per heavy atom. The number of hydrogen-bond acceptors (Lipinski definition) is 3. The number of anilines is 2. The Bertz CT molecular complexity index is 798. The summed E-state index contributed by atoms with van der Waals surface area (Å²) in [6.45, 7) is 0.320. The Morgan fingerprint density at radius 3 is 2.83 bits per heavy atom. The summed E-state index contributed by atoms with van der Waals surface area (Å²) in [6.07, 6.45) is 0.174. The molecule has 1 heterocycles. The number of rotatable bonds is 4. The van der Waals surface area contributed by atoms with Crippen LogP contribution in [0.15, 0.2) is 47.4 Å². The van der Waals surface area contributed by atoms with E-state index >= 15 is 0 Å². The van der Waals surface area contributed by atoms with Crippen LogP contribution in [-0.4, -0.2) is 24.1 Å². The van der Waals surface area contributed by atoms with Crippen molar-refractivity contribution in [3.63, 3.8) is 0 Å². The molecule has 0 atom stereocenters. The molecule has 0 radical (unpaired) electrons. The molecular formula is C17H14Cl2N2O2S. The van der Waals surface area contributed by atoms with Gasteiger partial charge in [0.2, 0.25) is 11.8 Å². The summed E-state index contributed by atoms with van der Waals surface area (Å²) in [7, 11) is 0. The van der Waals surface area contributed by atoms with E-state index in [1.165, 1.54) is 11.8 Å². The SMILES string of the molecule is O=C(CCN1C(=O)CSc2ccccc21)Nc1cc(Cl)ccc1Cl. The van der Waals surface area contributed by atoms with Crippen molar-refractivity contribution in [2.45, 2.75) is 11.3 Å². The van der Waals surface area contributed by atoms with Gasteiger partial charge in [-0.3, -0.25) is 9.59 Å². The number of nitrogens with zero attached hydrogens (tertiary/aromatic N) is 1. The molecule has 0 saturated heterocycles. The zero-order valence-electron chi connectivity index (χ0n) is 12.6. The Labute approximate surface area is 154 Å². The number of carbonyl (C=O) groups is 2. The summed E-state index contributed by atoms with van der Waals surface area (Å²) in [5.74, 6) is 0.175. The van der Waals surface area contributed by atoms with Crippen molar-refractivity contribution in [3.05, 3.63) is 52.5 Å². The van der Waals surface area contributed by atoms with Gasteiger partial charge >= 0.3 is 0 Å². The highest BCUT2D eigenvalue weighted by Gasteiger charge is 2.24. The summed E-state index contributed by atoms with van der Waals surface area (Å²) < 4.78 is 0. The second-order valence-electron chi connectivity index (χ2n) is 5.22. The fourth-order valence-electron chi connectivity index (χ4n) is 2.42. The van der Waals surface area contributed by atoms with Crippen LogP contribution in [0.2, 0.25) is 10.0 Å². The first kappa shape index (κ1) is 17.1. The largest absolute Gasteiger partial charge is 0.325 e. The zero-order chi connectivity index (χ0) is 17.1. The van der Waals surface area contributed by atoms with Gasteiger partial charge in [0.05, 0.1) is 22.2 Å². The molecule has 0 bridgehead atoms. The second kappa shape index (κ2) is 7.47. The molecule has 124 valence electrons. The molecule has 0 aliphatic carbocycles. The van der Waals surface area contributed by atoms with E-state index < -0.39 is 0 Å². The molecule has 0 spiro atoms. The molecule has 1 N–H and O–H groups in total. The van der Waals surface area contributed by atoms with E-state index in [0.717, 1.165) is 10.6 Å². The van der Waals surface area contributed by atoms with Gasteiger partial charge in [-0.25, -0.2) is 0 Å². The zero-order valence-corrected chi connectivity index (χ0v) is 14.9. The first-order valence-electron chi connectivity index (χ1n) is 7.31. The van der Waals surface area contributed by atoms with E-state index in [2.05, 4.69) is 5.32 Å². The predicted molar refractivity (Wildman–Crippen MR) is 99.2 cm³/mol. The number of benzene rings is 2. The van der Waals surface area contributed by atoms with Crippen molar-refractivity contribution < 1.29 is 9.59 Å². The number of halogens is 2. The smallest absolute Gasteiger partial charge is 0.237 e. The van der Waals surface area contributed by atoms with E-state index in [1.54, 1.807) is 23.1 Å². The Kier molecular flexibility index (Phi) is 5.33. The van der Waals surface area contributed by atoms with Gasteiger partial charge in [0, 0.05) is 22.9 Å². The van der Waals surface area contributed by atoms with Crippen LogP contribution in [0.25, 0.3) is 0 Å². The van der Waals surface area contributed by atoms with Gasteiger partial charge in [-0.15, -0.1) is 11.8 Å². The van der Waals surface area contributed by atoms with Crippen molar-refractivity contribution in [1.82, 2.24) is 0 Å². The third-order valence-electron chi connectivity index (χ3n) is 3.57. The first-order chi connectivity index (χ1) is 11.5. The molecule has 3 rings (SSSR count). The lowest BCUT2D eigenvalue weighted by Crippen LogP contribution is -2.37. The molecule has 0 saturated carbocycles. The van der Waals surface area contributed by atoms with E-state index in [0.29, 0.717) is 28.0 Å². The molecule has 0 unspecified atom stereocenters. The van der Waals surface area contributed by atoms with Crippen LogP contribution in [0.5, 0.6) is 0 Å². The number of hydrogen-bond donors (Lipinski definition) is 1. The van der Waals surface area contributed by atoms with Crippen molar-refractivity contribution in [3.8, 4) is 0 Å². The lowest BCUT2D eigenvalue weighted by molar-refractivity contribution is -0.117. The van der Waals surface area contributed by atoms with Gasteiger partial charge < -0.3 is 10.2 Å². The first-order valence-corrected chi connectivity index (χ1v) is 9.06. The minimum absolute atomic E-state index is 0.00675. The number of nitrogens with one attached hydrogen (secondary N) is 1. The van der Waals surface area contributed by atoms with Crippen LogP contribution in [0, 0.1) is 0 Å². The summed E-state index contributed by atoms with van der Waals surface area (Å²) in [5, 5.41) is 3.64.